The molecule has 1 aliphatic rings. The molecule has 1 fully saturated rings. The van der Waals surface area contributed by atoms with Crippen LogP contribution in [0.1, 0.15) is 63.2 Å². The van der Waals surface area contributed by atoms with Crippen LogP contribution in [0.5, 0.6) is 5.75 Å². The Kier molecular flexibility index (Phi) is 11.1. The molecular formula is C26H36N4O2S2. The lowest BCUT2D eigenvalue weighted by atomic mass is 10.1. The van der Waals surface area contributed by atoms with Gasteiger partial charge in [0.2, 0.25) is 5.13 Å². The number of nitrogens with zero attached hydrogens (tertiary/aromatic N) is 3. The third-order valence-electron chi connectivity index (χ3n) is 5.60. The van der Waals surface area contributed by atoms with E-state index >= 15 is 0 Å². The summed E-state index contributed by atoms with van der Waals surface area (Å²) in [5.74, 6) is 1.55. The highest BCUT2D eigenvalue weighted by atomic mass is 32.2. The van der Waals surface area contributed by atoms with Gasteiger partial charge >= 0.3 is 0 Å². The molecule has 2 heterocycles. The molecule has 184 valence electrons. The number of thioether (sulfide) groups is 1. The summed E-state index contributed by atoms with van der Waals surface area (Å²) in [4.78, 5) is 15.1. The molecule has 1 aliphatic heterocycles. The highest BCUT2D eigenvalue weighted by molar-refractivity contribution is 8.01. The molecule has 0 radical (unpaired) electrons. The Morgan fingerprint density at radius 3 is 2.62 bits per heavy atom. The molecule has 1 amide bonds. The molecule has 0 saturated carbocycles. The van der Waals surface area contributed by atoms with E-state index in [2.05, 4.69) is 53.3 Å². The molecule has 0 aliphatic carbocycles. The van der Waals surface area contributed by atoms with Gasteiger partial charge in [0.05, 0.1) is 0 Å². The number of allylic oxidation sites excluding steroid dienone is 3. The summed E-state index contributed by atoms with van der Waals surface area (Å²) in [5.41, 5.74) is 3.23. The number of carbonyl (C=O) groups excluding carboxylic acids is 1. The van der Waals surface area contributed by atoms with Crippen molar-refractivity contribution in [3.8, 4) is 5.75 Å². The molecule has 0 atom stereocenters. The van der Waals surface area contributed by atoms with E-state index in [-0.39, 0.29) is 5.91 Å². The summed E-state index contributed by atoms with van der Waals surface area (Å²) in [6.45, 7) is 10.4. The van der Waals surface area contributed by atoms with Crippen molar-refractivity contribution < 1.29 is 9.53 Å². The smallest absolute Gasteiger partial charge is 0.257 e. The van der Waals surface area contributed by atoms with Crippen LogP contribution in [-0.4, -0.2) is 53.0 Å². The summed E-state index contributed by atoms with van der Waals surface area (Å²) in [6, 6.07) is 7.18. The van der Waals surface area contributed by atoms with Crippen LogP contribution in [0, 0.1) is 0 Å². The number of amides is 1. The Morgan fingerprint density at radius 2 is 1.88 bits per heavy atom. The quantitative estimate of drug-likeness (QED) is 0.205. The van der Waals surface area contributed by atoms with Crippen LogP contribution in [0.4, 0.5) is 5.13 Å². The van der Waals surface area contributed by atoms with Gasteiger partial charge < -0.3 is 9.64 Å². The number of piperidine rings is 1. The molecule has 0 spiro atoms. The molecule has 1 N–H and O–H groups in total. The second-order valence-electron chi connectivity index (χ2n) is 8.78. The molecular weight excluding hydrogens is 464 g/mol. The van der Waals surface area contributed by atoms with Gasteiger partial charge in [0.25, 0.3) is 5.91 Å². The number of ether oxygens (including phenoxy) is 1. The van der Waals surface area contributed by atoms with E-state index in [1.165, 1.54) is 54.8 Å². The van der Waals surface area contributed by atoms with E-state index in [0.29, 0.717) is 17.3 Å². The predicted octanol–water partition coefficient (Wildman–Crippen LogP) is 6.44. The van der Waals surface area contributed by atoms with Crippen molar-refractivity contribution in [3.63, 3.8) is 0 Å². The van der Waals surface area contributed by atoms with Gasteiger partial charge in [-0.25, -0.2) is 0 Å². The zero-order valence-electron chi connectivity index (χ0n) is 20.5. The first-order valence-electron chi connectivity index (χ1n) is 12.0. The fourth-order valence-corrected chi connectivity index (χ4v) is 5.42. The number of hydrogen-bond acceptors (Lipinski definition) is 7. The summed E-state index contributed by atoms with van der Waals surface area (Å²) in [5, 5.41) is 11.7. The maximum Gasteiger partial charge on any atom is 0.257 e. The fraction of sp³-hybridized carbons (Fsp3) is 0.500. The minimum absolute atomic E-state index is 0.192. The molecule has 3 rings (SSSR count). The Bertz CT molecular complexity index is 959. The van der Waals surface area contributed by atoms with Gasteiger partial charge in [0.1, 0.15) is 12.4 Å². The zero-order chi connectivity index (χ0) is 24.2. The lowest BCUT2D eigenvalue weighted by molar-refractivity contribution is 0.102. The summed E-state index contributed by atoms with van der Waals surface area (Å²) >= 11 is 3.12. The largest absolute Gasteiger partial charge is 0.490 e. The van der Waals surface area contributed by atoms with Gasteiger partial charge in [0.15, 0.2) is 4.34 Å². The van der Waals surface area contributed by atoms with E-state index in [4.69, 9.17) is 4.74 Å². The third kappa shape index (κ3) is 9.60. The van der Waals surface area contributed by atoms with Gasteiger partial charge in [-0.1, -0.05) is 46.7 Å². The average Bonchev–Trinajstić information content (AvgIpc) is 3.27. The van der Waals surface area contributed by atoms with Crippen molar-refractivity contribution in [1.29, 1.82) is 0 Å². The molecule has 2 aromatic rings. The second kappa shape index (κ2) is 14.3. The molecule has 8 heteroatoms. The van der Waals surface area contributed by atoms with E-state index in [1.54, 1.807) is 23.9 Å². The Hall–Kier alpha value is -2.16. The van der Waals surface area contributed by atoms with Gasteiger partial charge in [-0.15, -0.1) is 10.2 Å². The molecule has 34 heavy (non-hydrogen) atoms. The highest BCUT2D eigenvalue weighted by Crippen LogP contribution is 2.26. The number of hydrogen-bond donors (Lipinski definition) is 1. The van der Waals surface area contributed by atoms with Crippen LogP contribution >= 0.6 is 23.1 Å². The van der Waals surface area contributed by atoms with Crippen LogP contribution in [0.3, 0.4) is 0 Å². The van der Waals surface area contributed by atoms with Crippen LogP contribution < -0.4 is 10.1 Å². The minimum atomic E-state index is -0.192. The van der Waals surface area contributed by atoms with Crippen LogP contribution in [0.2, 0.25) is 0 Å². The summed E-state index contributed by atoms with van der Waals surface area (Å²) < 4.78 is 6.68. The van der Waals surface area contributed by atoms with Crippen LogP contribution in [0.25, 0.3) is 0 Å². The van der Waals surface area contributed by atoms with E-state index in [1.807, 2.05) is 12.1 Å². The maximum absolute atomic E-state index is 12.6. The minimum Gasteiger partial charge on any atom is -0.490 e. The number of nitrogens with one attached hydrogen (secondary N) is 1. The van der Waals surface area contributed by atoms with Gasteiger partial charge in [-0.05, 0) is 89.9 Å². The van der Waals surface area contributed by atoms with E-state index in [0.717, 1.165) is 35.2 Å². The predicted molar refractivity (Wildman–Crippen MR) is 143 cm³/mol. The van der Waals surface area contributed by atoms with Crippen LogP contribution in [0.15, 0.2) is 51.9 Å². The molecule has 1 saturated heterocycles. The van der Waals surface area contributed by atoms with Crippen molar-refractivity contribution in [3.05, 3.63) is 53.1 Å². The lowest BCUT2D eigenvalue weighted by Crippen LogP contribution is -2.31. The van der Waals surface area contributed by atoms with Gasteiger partial charge in [-0.2, -0.15) is 0 Å². The Balaban J connectivity index is 1.39. The van der Waals surface area contributed by atoms with Crippen molar-refractivity contribution in [2.45, 2.75) is 57.2 Å². The van der Waals surface area contributed by atoms with E-state index < -0.39 is 0 Å². The maximum atomic E-state index is 12.6. The monoisotopic (exact) mass is 500 g/mol. The molecule has 1 aromatic heterocycles. The van der Waals surface area contributed by atoms with Gasteiger partial charge in [-0.3, -0.25) is 10.1 Å². The number of carbonyl (C=O) groups is 1. The van der Waals surface area contributed by atoms with Crippen molar-refractivity contribution in [1.82, 2.24) is 15.1 Å². The van der Waals surface area contributed by atoms with Crippen LogP contribution in [-0.2, 0) is 0 Å². The lowest BCUT2D eigenvalue weighted by Gasteiger charge is -2.25. The van der Waals surface area contributed by atoms with E-state index in [9.17, 15) is 4.79 Å². The number of rotatable bonds is 12. The third-order valence-corrected chi connectivity index (χ3v) is 7.55. The van der Waals surface area contributed by atoms with Gasteiger partial charge in [0, 0.05) is 17.9 Å². The first-order valence-corrected chi connectivity index (χ1v) is 13.8. The topological polar surface area (TPSA) is 67.3 Å². The normalized spacial score (nSPS) is 14.6. The standard InChI is InChI=1S/C26H36N4O2S2/c1-20(2)8-7-9-21(3)14-18-32-23-12-10-22(11-13-23)24(31)27-25-28-29-26(34-25)33-19-17-30-15-5-4-6-16-30/h8,10-14H,4-7,9,15-19H2,1-3H3,(H,27,28,31)/b21-14+. The molecule has 0 unspecified atom stereocenters. The molecule has 1 aromatic carbocycles. The fourth-order valence-electron chi connectivity index (χ4n) is 3.61. The van der Waals surface area contributed by atoms with Crippen molar-refractivity contribution in [2.75, 3.05) is 37.3 Å². The average molecular weight is 501 g/mol. The SMILES string of the molecule is CC(C)=CCC/C(C)=C/COc1ccc(C(=O)Nc2nnc(SCCN3CCCCC3)s2)cc1. The first-order chi connectivity index (χ1) is 16.5. The van der Waals surface area contributed by atoms with Crippen molar-refractivity contribution >= 4 is 34.1 Å². The Morgan fingerprint density at radius 1 is 1.12 bits per heavy atom. The summed E-state index contributed by atoms with van der Waals surface area (Å²) in [7, 11) is 0. The number of likely N-dealkylation sites (tertiary alicyclic amines) is 1. The number of benzene rings is 1. The second-order valence-corrected chi connectivity index (χ2v) is 11.1. The highest BCUT2D eigenvalue weighted by Gasteiger charge is 2.13. The Labute approximate surface area is 211 Å². The zero-order valence-corrected chi connectivity index (χ0v) is 22.1. The molecule has 6 nitrogen and oxygen atoms in total. The first kappa shape index (κ1) is 26.4. The number of anilines is 1. The van der Waals surface area contributed by atoms with Crippen molar-refractivity contribution in [2.24, 2.45) is 0 Å². The molecule has 0 bridgehead atoms. The summed E-state index contributed by atoms with van der Waals surface area (Å²) in [6.07, 6.45) is 10.4. The number of aromatic nitrogens is 2.